The highest BCUT2D eigenvalue weighted by Crippen LogP contribution is 2.19. The molecule has 4 aromatic carbocycles. The van der Waals surface area contributed by atoms with E-state index < -0.39 is 8.80 Å². The molecule has 0 fully saturated rings. The summed E-state index contributed by atoms with van der Waals surface area (Å²) in [5, 5.41) is 4.32. The van der Waals surface area contributed by atoms with Crippen molar-refractivity contribution in [1.29, 1.82) is 0 Å². The summed E-state index contributed by atoms with van der Waals surface area (Å²) in [7, 11) is -1.45. The molecular formula is C24H21NSi. The van der Waals surface area contributed by atoms with Gasteiger partial charge in [-0.3, -0.25) is 0 Å². The summed E-state index contributed by atoms with van der Waals surface area (Å²) in [6.07, 6.45) is 0. The molecule has 0 spiro atoms. The summed E-state index contributed by atoms with van der Waals surface area (Å²) in [6, 6.07) is 38.9. The summed E-state index contributed by atoms with van der Waals surface area (Å²) in [6.45, 7) is 0. The van der Waals surface area contributed by atoms with Crippen LogP contribution in [-0.2, 0) is 0 Å². The first kappa shape index (κ1) is 16.4. The quantitative estimate of drug-likeness (QED) is 0.341. The molecule has 0 aliphatic heterocycles. The minimum Gasteiger partial charge on any atom is -0.399 e. The molecule has 0 atom stereocenters. The van der Waals surface area contributed by atoms with Crippen molar-refractivity contribution >= 4 is 30.0 Å². The first-order valence-corrected chi connectivity index (χ1v) is 10.6. The van der Waals surface area contributed by atoms with E-state index in [9.17, 15) is 0 Å². The second-order valence-corrected chi connectivity index (χ2v) is 9.36. The van der Waals surface area contributed by atoms with Gasteiger partial charge in [0.1, 0.15) is 8.80 Å². The number of nitrogens with two attached hydrogens (primary N) is 1. The van der Waals surface area contributed by atoms with Crippen LogP contribution in [0.1, 0.15) is 0 Å². The van der Waals surface area contributed by atoms with Crippen molar-refractivity contribution in [2.75, 3.05) is 5.73 Å². The van der Waals surface area contributed by atoms with Crippen molar-refractivity contribution in [1.82, 2.24) is 0 Å². The fourth-order valence-electron chi connectivity index (χ4n) is 3.41. The highest BCUT2D eigenvalue weighted by atomic mass is 28.3. The summed E-state index contributed by atoms with van der Waals surface area (Å²) in [5.74, 6) is 0. The van der Waals surface area contributed by atoms with E-state index in [4.69, 9.17) is 5.73 Å². The predicted molar refractivity (Wildman–Crippen MR) is 115 cm³/mol. The molecule has 4 rings (SSSR count). The highest BCUT2D eigenvalue weighted by Gasteiger charge is 2.18. The van der Waals surface area contributed by atoms with Gasteiger partial charge in [0.25, 0.3) is 0 Å². The van der Waals surface area contributed by atoms with Crippen LogP contribution in [0.2, 0.25) is 0 Å². The molecule has 0 radical (unpaired) electrons. The summed E-state index contributed by atoms with van der Waals surface area (Å²) < 4.78 is 0. The largest absolute Gasteiger partial charge is 0.399 e. The summed E-state index contributed by atoms with van der Waals surface area (Å²) in [4.78, 5) is 0. The third kappa shape index (κ3) is 3.46. The van der Waals surface area contributed by atoms with Crippen LogP contribution < -0.4 is 21.3 Å². The lowest BCUT2D eigenvalue weighted by Crippen LogP contribution is -2.51. The van der Waals surface area contributed by atoms with E-state index in [0.29, 0.717) is 0 Å². The number of anilines is 1. The maximum atomic E-state index is 5.80. The van der Waals surface area contributed by atoms with Crippen LogP contribution in [-0.4, -0.2) is 8.80 Å². The SMILES string of the molecule is Nc1ccc(-c2ccc([SiH](c3ccccc3)c3ccccc3)cc2)cc1. The highest BCUT2D eigenvalue weighted by molar-refractivity contribution is 6.95. The van der Waals surface area contributed by atoms with Gasteiger partial charge in [0.05, 0.1) is 0 Å². The average Bonchev–Trinajstić information content (AvgIpc) is 2.71. The zero-order valence-corrected chi connectivity index (χ0v) is 15.7. The van der Waals surface area contributed by atoms with Gasteiger partial charge in [-0.25, -0.2) is 0 Å². The van der Waals surface area contributed by atoms with E-state index >= 15 is 0 Å². The Kier molecular flexibility index (Phi) is 4.67. The molecule has 0 saturated carbocycles. The molecule has 0 aromatic heterocycles. The van der Waals surface area contributed by atoms with Gasteiger partial charge in [-0.2, -0.15) is 0 Å². The average molecular weight is 352 g/mol. The Balaban J connectivity index is 1.73. The molecule has 1 nitrogen and oxygen atoms in total. The van der Waals surface area contributed by atoms with E-state index in [1.807, 2.05) is 12.1 Å². The smallest absolute Gasteiger partial charge is 0.132 e. The van der Waals surface area contributed by atoms with Crippen LogP contribution >= 0.6 is 0 Å². The molecule has 26 heavy (non-hydrogen) atoms. The van der Waals surface area contributed by atoms with Crippen LogP contribution in [0.3, 0.4) is 0 Å². The molecule has 0 amide bonds. The minimum absolute atomic E-state index is 0.797. The Hall–Kier alpha value is -3.10. The molecular weight excluding hydrogens is 330 g/mol. The van der Waals surface area contributed by atoms with Crippen molar-refractivity contribution < 1.29 is 0 Å². The lowest BCUT2D eigenvalue weighted by atomic mass is 10.1. The van der Waals surface area contributed by atoms with Crippen LogP contribution in [0.25, 0.3) is 11.1 Å². The van der Waals surface area contributed by atoms with Gasteiger partial charge in [0.15, 0.2) is 0 Å². The van der Waals surface area contributed by atoms with Crippen LogP contribution in [0.15, 0.2) is 109 Å². The van der Waals surface area contributed by atoms with Crippen molar-refractivity contribution in [3.63, 3.8) is 0 Å². The van der Waals surface area contributed by atoms with Gasteiger partial charge in [-0.15, -0.1) is 0 Å². The third-order valence-corrected chi connectivity index (χ3v) is 7.91. The molecule has 2 heteroatoms. The molecule has 0 saturated heterocycles. The van der Waals surface area contributed by atoms with Crippen molar-refractivity contribution in [3.8, 4) is 11.1 Å². The molecule has 4 aromatic rings. The maximum absolute atomic E-state index is 5.80. The van der Waals surface area contributed by atoms with Gasteiger partial charge in [0.2, 0.25) is 0 Å². The summed E-state index contributed by atoms with van der Waals surface area (Å²) in [5.41, 5.74) is 9.02. The van der Waals surface area contributed by atoms with E-state index in [1.54, 1.807) is 0 Å². The number of hydrogen-bond acceptors (Lipinski definition) is 1. The van der Waals surface area contributed by atoms with E-state index in [0.717, 1.165) is 5.69 Å². The Morgan fingerprint density at radius 2 is 0.808 bits per heavy atom. The molecule has 0 aliphatic rings. The van der Waals surface area contributed by atoms with Crippen LogP contribution in [0, 0.1) is 0 Å². The van der Waals surface area contributed by atoms with Gasteiger partial charge >= 0.3 is 0 Å². The Bertz CT molecular complexity index is 923. The lowest BCUT2D eigenvalue weighted by Gasteiger charge is -2.17. The zero-order valence-electron chi connectivity index (χ0n) is 14.5. The number of benzene rings is 4. The van der Waals surface area contributed by atoms with E-state index in [-0.39, 0.29) is 0 Å². The third-order valence-electron chi connectivity index (χ3n) is 4.75. The standard InChI is InChI=1S/C24H21NSi/c25-21-15-11-19(12-16-21)20-13-17-24(18-14-20)26(22-7-3-1-4-8-22)23-9-5-2-6-10-23/h1-18,26H,25H2. The first-order valence-electron chi connectivity index (χ1n) is 8.87. The molecule has 126 valence electrons. The van der Waals surface area contributed by atoms with Gasteiger partial charge in [0, 0.05) is 5.69 Å². The fraction of sp³-hybridized carbons (Fsp3) is 0. The van der Waals surface area contributed by atoms with E-state index in [2.05, 4.69) is 97.1 Å². The Morgan fingerprint density at radius 3 is 1.27 bits per heavy atom. The topological polar surface area (TPSA) is 26.0 Å². The van der Waals surface area contributed by atoms with Crippen LogP contribution in [0.4, 0.5) is 5.69 Å². The zero-order chi connectivity index (χ0) is 17.8. The van der Waals surface area contributed by atoms with Crippen molar-refractivity contribution in [2.24, 2.45) is 0 Å². The van der Waals surface area contributed by atoms with Crippen LogP contribution in [0.5, 0.6) is 0 Å². The second kappa shape index (κ2) is 7.42. The first-order chi connectivity index (χ1) is 12.8. The molecule has 0 unspecified atom stereocenters. The van der Waals surface area contributed by atoms with Crippen molar-refractivity contribution in [3.05, 3.63) is 109 Å². The molecule has 0 bridgehead atoms. The maximum Gasteiger partial charge on any atom is 0.132 e. The van der Waals surface area contributed by atoms with Crippen molar-refractivity contribution in [2.45, 2.75) is 0 Å². The second-order valence-electron chi connectivity index (χ2n) is 6.50. The Labute approximate surface area is 156 Å². The molecule has 0 aliphatic carbocycles. The lowest BCUT2D eigenvalue weighted by molar-refractivity contribution is 1.62. The minimum atomic E-state index is -1.45. The number of hydrogen-bond donors (Lipinski definition) is 1. The molecule has 0 heterocycles. The summed E-state index contributed by atoms with van der Waals surface area (Å²) >= 11 is 0. The predicted octanol–water partition coefficient (Wildman–Crippen LogP) is 3.18. The normalized spacial score (nSPS) is 10.8. The van der Waals surface area contributed by atoms with E-state index in [1.165, 1.54) is 26.7 Å². The Morgan fingerprint density at radius 1 is 0.423 bits per heavy atom. The monoisotopic (exact) mass is 351 g/mol. The number of nitrogen functional groups attached to an aromatic ring is 1. The molecule has 2 N–H and O–H groups in total. The van der Waals surface area contributed by atoms with Gasteiger partial charge in [-0.05, 0) is 23.3 Å². The number of rotatable bonds is 4. The fourth-order valence-corrected chi connectivity index (χ4v) is 6.36. The van der Waals surface area contributed by atoms with Gasteiger partial charge < -0.3 is 5.73 Å². The van der Waals surface area contributed by atoms with Gasteiger partial charge in [-0.1, -0.05) is 113 Å².